The average Bonchev–Trinajstić information content (AvgIpc) is 2.69. The van der Waals surface area contributed by atoms with E-state index in [2.05, 4.69) is 51.1 Å². The number of hydrogen-bond donors (Lipinski definition) is 0. The zero-order chi connectivity index (χ0) is 18.6. The van der Waals surface area contributed by atoms with Crippen LogP contribution in [0, 0.1) is 0 Å². The normalized spacial score (nSPS) is 12.0. The molecule has 0 aliphatic carbocycles. The predicted octanol–water partition coefficient (Wildman–Crippen LogP) is 5.83. The first kappa shape index (κ1) is 18.6. The van der Waals surface area contributed by atoms with Crippen molar-refractivity contribution in [2.45, 2.75) is 33.6 Å². The van der Waals surface area contributed by atoms with Gasteiger partial charge in [0.1, 0.15) is 0 Å². The lowest BCUT2D eigenvalue weighted by Gasteiger charge is -2.35. The van der Waals surface area contributed by atoms with Crippen LogP contribution in [0.5, 0.6) is 0 Å². The molecule has 26 heavy (non-hydrogen) atoms. The van der Waals surface area contributed by atoms with Crippen LogP contribution in [0.3, 0.4) is 0 Å². The Labute approximate surface area is 157 Å². The number of fused-ring (bicyclic) bond motifs is 2. The third-order valence-corrected chi connectivity index (χ3v) is 6.10. The Balaban J connectivity index is 1.92. The number of benzene rings is 3. The molecule has 0 saturated heterocycles. The van der Waals surface area contributed by atoms with E-state index in [-0.39, 0.29) is 5.78 Å². The second-order valence-electron chi connectivity index (χ2n) is 7.23. The maximum atomic E-state index is 13.2. The van der Waals surface area contributed by atoms with Crippen LogP contribution in [0.2, 0.25) is 0 Å². The van der Waals surface area contributed by atoms with Gasteiger partial charge >= 0.3 is 0 Å². The van der Waals surface area contributed by atoms with Gasteiger partial charge in [0.05, 0.1) is 26.2 Å². The lowest BCUT2D eigenvalue weighted by molar-refractivity contribution is -0.923. The zero-order valence-electron chi connectivity index (χ0n) is 16.3. The first-order valence-corrected chi connectivity index (χ1v) is 9.93. The van der Waals surface area contributed by atoms with Crippen LogP contribution in [-0.4, -0.2) is 36.4 Å². The van der Waals surface area contributed by atoms with Gasteiger partial charge in [-0.3, -0.25) is 4.79 Å². The molecule has 0 aromatic heterocycles. The molecule has 0 amide bonds. The smallest absolute Gasteiger partial charge is 0.164 e. The Morgan fingerprint density at radius 1 is 0.808 bits per heavy atom. The number of quaternary nitrogens is 1. The van der Waals surface area contributed by atoms with Crippen LogP contribution >= 0.6 is 0 Å². The van der Waals surface area contributed by atoms with E-state index in [1.54, 1.807) is 0 Å². The molecule has 0 bridgehead atoms. The standard InChI is InChI=1S/C24H30NO/c1-4-25(5-2,6-3)17-11-16-23(26)24-21-14-9-7-12-19(21)18-20-13-8-10-15-22(20)24/h7-10,12-15,18H,4-6,11,16-17H2,1-3H3/q+1. The molecular weight excluding hydrogens is 318 g/mol. The molecule has 2 nitrogen and oxygen atoms in total. The Morgan fingerprint density at radius 3 is 1.81 bits per heavy atom. The van der Waals surface area contributed by atoms with Crippen molar-refractivity contribution in [2.24, 2.45) is 0 Å². The van der Waals surface area contributed by atoms with Crippen LogP contribution in [-0.2, 0) is 0 Å². The Kier molecular flexibility index (Phi) is 5.73. The van der Waals surface area contributed by atoms with E-state index in [1.165, 1.54) is 0 Å². The largest absolute Gasteiger partial charge is 0.324 e. The van der Waals surface area contributed by atoms with E-state index in [4.69, 9.17) is 0 Å². The number of Topliss-reactive ketones (excluding diaryl/α,β-unsaturated/α-hetero) is 1. The number of hydrogen-bond acceptors (Lipinski definition) is 1. The number of carbonyl (C=O) groups is 1. The zero-order valence-corrected chi connectivity index (χ0v) is 16.3. The van der Waals surface area contributed by atoms with Gasteiger partial charge in [-0.1, -0.05) is 48.5 Å². The summed E-state index contributed by atoms with van der Waals surface area (Å²) in [4.78, 5) is 13.2. The van der Waals surface area contributed by atoms with Crippen molar-refractivity contribution in [1.29, 1.82) is 0 Å². The summed E-state index contributed by atoms with van der Waals surface area (Å²) in [6, 6.07) is 18.7. The third-order valence-electron chi connectivity index (χ3n) is 6.10. The third kappa shape index (κ3) is 3.52. The van der Waals surface area contributed by atoms with Crippen LogP contribution in [0.4, 0.5) is 0 Å². The highest BCUT2D eigenvalue weighted by atomic mass is 16.1. The minimum absolute atomic E-state index is 0.277. The molecule has 3 aromatic carbocycles. The van der Waals surface area contributed by atoms with Gasteiger partial charge in [0.2, 0.25) is 0 Å². The molecule has 0 radical (unpaired) electrons. The molecule has 0 spiro atoms. The molecule has 0 atom stereocenters. The van der Waals surface area contributed by atoms with Crippen molar-refractivity contribution in [2.75, 3.05) is 26.2 Å². The molecule has 0 aliphatic rings. The molecule has 0 N–H and O–H groups in total. The van der Waals surface area contributed by atoms with Crippen molar-refractivity contribution in [3.05, 3.63) is 60.2 Å². The van der Waals surface area contributed by atoms with Crippen LogP contribution < -0.4 is 0 Å². The number of nitrogens with zero attached hydrogens (tertiary/aromatic N) is 1. The van der Waals surface area contributed by atoms with Crippen molar-refractivity contribution < 1.29 is 9.28 Å². The van der Waals surface area contributed by atoms with Gasteiger partial charge in [0.25, 0.3) is 0 Å². The van der Waals surface area contributed by atoms with Gasteiger partial charge < -0.3 is 4.48 Å². The molecule has 0 fully saturated rings. The Morgan fingerprint density at radius 2 is 1.31 bits per heavy atom. The summed E-state index contributed by atoms with van der Waals surface area (Å²) >= 11 is 0. The lowest BCUT2D eigenvalue weighted by atomic mass is 9.92. The summed E-state index contributed by atoms with van der Waals surface area (Å²) in [5.41, 5.74) is 0.904. The summed E-state index contributed by atoms with van der Waals surface area (Å²) in [7, 11) is 0. The van der Waals surface area contributed by atoms with Gasteiger partial charge in [0.15, 0.2) is 5.78 Å². The molecule has 136 valence electrons. The highest BCUT2D eigenvalue weighted by Gasteiger charge is 2.21. The molecule has 0 heterocycles. The van der Waals surface area contributed by atoms with E-state index in [9.17, 15) is 4.79 Å². The molecular formula is C24H30NO+. The van der Waals surface area contributed by atoms with Gasteiger partial charge in [-0.25, -0.2) is 0 Å². The SMILES string of the molecule is CC[N+](CC)(CC)CCCC(=O)c1c2ccccc2cc2ccccc12. The number of rotatable bonds is 8. The first-order chi connectivity index (χ1) is 12.6. The summed E-state index contributed by atoms with van der Waals surface area (Å²) in [5, 5.41) is 4.46. The van der Waals surface area contributed by atoms with Crippen LogP contribution in [0.25, 0.3) is 21.5 Å². The Hall–Kier alpha value is -2.19. The molecule has 0 unspecified atom stereocenters. The van der Waals surface area contributed by atoms with E-state index in [0.717, 1.165) is 64.2 Å². The lowest BCUT2D eigenvalue weighted by Crippen LogP contribution is -2.48. The van der Waals surface area contributed by atoms with Crippen molar-refractivity contribution >= 4 is 27.3 Å². The summed E-state index contributed by atoms with van der Waals surface area (Å²) in [5.74, 6) is 0.277. The van der Waals surface area contributed by atoms with E-state index in [1.807, 2.05) is 24.3 Å². The van der Waals surface area contributed by atoms with Gasteiger partial charge in [-0.15, -0.1) is 0 Å². The highest BCUT2D eigenvalue weighted by molar-refractivity contribution is 6.18. The molecule has 2 heteroatoms. The second kappa shape index (κ2) is 8.01. The first-order valence-electron chi connectivity index (χ1n) is 9.93. The van der Waals surface area contributed by atoms with Crippen molar-refractivity contribution in [3.8, 4) is 0 Å². The van der Waals surface area contributed by atoms with Gasteiger partial charge in [-0.05, 0) is 48.4 Å². The topological polar surface area (TPSA) is 17.1 Å². The molecule has 0 aliphatic heterocycles. The van der Waals surface area contributed by atoms with Gasteiger partial charge in [0, 0.05) is 18.4 Å². The van der Waals surface area contributed by atoms with Crippen molar-refractivity contribution in [3.63, 3.8) is 0 Å². The highest BCUT2D eigenvalue weighted by Crippen LogP contribution is 2.29. The summed E-state index contributed by atoms with van der Waals surface area (Å²) in [6.45, 7) is 11.3. The second-order valence-corrected chi connectivity index (χ2v) is 7.23. The predicted molar refractivity (Wildman–Crippen MR) is 112 cm³/mol. The number of ketones is 1. The summed E-state index contributed by atoms with van der Waals surface area (Å²) in [6.07, 6.45) is 1.57. The Bertz CT molecular complexity index is 846. The fourth-order valence-electron chi connectivity index (χ4n) is 4.16. The fourth-order valence-corrected chi connectivity index (χ4v) is 4.16. The minimum Gasteiger partial charge on any atom is -0.324 e. The van der Waals surface area contributed by atoms with E-state index < -0.39 is 0 Å². The maximum absolute atomic E-state index is 13.2. The van der Waals surface area contributed by atoms with Gasteiger partial charge in [-0.2, -0.15) is 0 Å². The quantitative estimate of drug-likeness (QED) is 0.284. The van der Waals surface area contributed by atoms with Crippen molar-refractivity contribution in [1.82, 2.24) is 0 Å². The van der Waals surface area contributed by atoms with Crippen LogP contribution in [0.1, 0.15) is 44.0 Å². The molecule has 3 rings (SSSR count). The molecule has 0 saturated carbocycles. The van der Waals surface area contributed by atoms with Crippen LogP contribution in [0.15, 0.2) is 54.6 Å². The fraction of sp³-hybridized carbons (Fsp3) is 0.375. The van der Waals surface area contributed by atoms with E-state index >= 15 is 0 Å². The number of carbonyl (C=O) groups excluding carboxylic acids is 1. The molecule has 3 aromatic rings. The van der Waals surface area contributed by atoms with E-state index in [0.29, 0.717) is 6.42 Å². The summed E-state index contributed by atoms with van der Waals surface area (Å²) < 4.78 is 1.10. The minimum atomic E-state index is 0.277. The monoisotopic (exact) mass is 348 g/mol. The maximum Gasteiger partial charge on any atom is 0.164 e. The average molecular weight is 349 g/mol.